The lowest BCUT2D eigenvalue weighted by atomic mass is 9.95. The van der Waals surface area contributed by atoms with E-state index >= 15 is 0 Å². The molecule has 2 heterocycles. The molecule has 0 aromatic heterocycles. The number of hydrogen-bond donors (Lipinski definition) is 1. The number of carbonyl (C=O) groups is 1. The van der Waals surface area contributed by atoms with Gasteiger partial charge < -0.3 is 10.1 Å². The van der Waals surface area contributed by atoms with Gasteiger partial charge >= 0.3 is 0 Å². The third-order valence-electron chi connectivity index (χ3n) is 2.95. The maximum absolute atomic E-state index is 11.6. The lowest BCUT2D eigenvalue weighted by molar-refractivity contribution is -0.120. The number of amidine groups is 1. The summed E-state index contributed by atoms with van der Waals surface area (Å²) >= 11 is 1.63. The predicted octanol–water partition coefficient (Wildman–Crippen LogP) is 1.41. The van der Waals surface area contributed by atoms with Gasteiger partial charge in [0.1, 0.15) is 0 Å². The van der Waals surface area contributed by atoms with E-state index in [0.29, 0.717) is 12.3 Å². The molecule has 1 fully saturated rings. The highest BCUT2D eigenvalue weighted by atomic mass is 32.2. The number of hydrogen-bond acceptors (Lipinski definition) is 4. The normalized spacial score (nSPS) is 21.9. The molecule has 4 nitrogen and oxygen atoms in total. The van der Waals surface area contributed by atoms with Crippen molar-refractivity contribution in [2.45, 2.75) is 25.7 Å². The van der Waals surface area contributed by atoms with Crippen LogP contribution in [-0.4, -0.2) is 36.6 Å². The van der Waals surface area contributed by atoms with Gasteiger partial charge in [0.2, 0.25) is 5.91 Å². The minimum Gasteiger partial charge on any atom is -0.381 e. The minimum absolute atomic E-state index is 0.111. The molecule has 1 amide bonds. The molecule has 2 aliphatic rings. The van der Waals surface area contributed by atoms with Crippen LogP contribution in [0.25, 0.3) is 0 Å². The zero-order valence-corrected chi connectivity index (χ0v) is 10.2. The van der Waals surface area contributed by atoms with E-state index in [1.165, 1.54) is 0 Å². The van der Waals surface area contributed by atoms with Crippen LogP contribution >= 0.6 is 11.8 Å². The fourth-order valence-electron chi connectivity index (χ4n) is 1.96. The first-order valence-electron chi connectivity index (χ1n) is 5.89. The van der Waals surface area contributed by atoms with Gasteiger partial charge in [-0.05, 0) is 25.2 Å². The highest BCUT2D eigenvalue weighted by molar-refractivity contribution is 8.14. The van der Waals surface area contributed by atoms with Crippen molar-refractivity contribution in [3.63, 3.8) is 0 Å². The smallest absolute Gasteiger partial charge is 0.225 e. The SMILES string of the molecule is O=C(CCC1CCOCC1)NC1=NCCS1. The quantitative estimate of drug-likeness (QED) is 0.814. The Morgan fingerprint density at radius 1 is 1.50 bits per heavy atom. The van der Waals surface area contributed by atoms with Gasteiger partial charge in [-0.25, -0.2) is 0 Å². The molecule has 0 aromatic carbocycles. The fourth-order valence-corrected chi connectivity index (χ4v) is 2.71. The number of ether oxygens (including phenoxy) is 1. The first-order chi connectivity index (χ1) is 7.84. The van der Waals surface area contributed by atoms with Gasteiger partial charge in [-0.1, -0.05) is 11.8 Å². The molecular formula is C11H18N2O2S. The molecule has 0 bridgehead atoms. The van der Waals surface area contributed by atoms with Crippen molar-refractivity contribution in [2.24, 2.45) is 10.9 Å². The molecule has 1 N–H and O–H groups in total. The molecule has 2 aliphatic heterocycles. The van der Waals surface area contributed by atoms with Gasteiger partial charge in [0, 0.05) is 25.4 Å². The van der Waals surface area contributed by atoms with E-state index in [9.17, 15) is 4.79 Å². The second kappa shape index (κ2) is 6.25. The number of amides is 1. The summed E-state index contributed by atoms with van der Waals surface area (Å²) < 4.78 is 5.29. The Kier molecular flexibility index (Phi) is 4.66. The summed E-state index contributed by atoms with van der Waals surface area (Å²) in [7, 11) is 0. The number of rotatable bonds is 3. The van der Waals surface area contributed by atoms with Gasteiger partial charge in [-0.15, -0.1) is 0 Å². The molecule has 0 unspecified atom stereocenters. The van der Waals surface area contributed by atoms with Gasteiger partial charge in [0.25, 0.3) is 0 Å². The second-order valence-corrected chi connectivity index (χ2v) is 5.26. The van der Waals surface area contributed by atoms with Crippen molar-refractivity contribution in [3.8, 4) is 0 Å². The molecular weight excluding hydrogens is 224 g/mol. The summed E-state index contributed by atoms with van der Waals surface area (Å²) in [4.78, 5) is 15.8. The number of aliphatic imine (C=N–C) groups is 1. The van der Waals surface area contributed by atoms with Crippen molar-refractivity contribution in [1.82, 2.24) is 5.32 Å². The zero-order chi connectivity index (χ0) is 11.2. The van der Waals surface area contributed by atoms with E-state index < -0.39 is 0 Å². The summed E-state index contributed by atoms with van der Waals surface area (Å²) in [6, 6.07) is 0. The van der Waals surface area contributed by atoms with E-state index in [1.54, 1.807) is 11.8 Å². The molecule has 0 radical (unpaired) electrons. The average molecular weight is 242 g/mol. The Bertz CT molecular complexity index is 275. The summed E-state index contributed by atoms with van der Waals surface area (Å²) in [6.45, 7) is 2.55. The first kappa shape index (κ1) is 11.9. The Balaban J connectivity index is 1.63. The van der Waals surface area contributed by atoms with Crippen LogP contribution in [0.4, 0.5) is 0 Å². The average Bonchev–Trinajstić information content (AvgIpc) is 2.81. The number of carbonyl (C=O) groups excluding carboxylic acids is 1. The molecule has 5 heteroatoms. The molecule has 16 heavy (non-hydrogen) atoms. The number of nitrogens with one attached hydrogen (secondary N) is 1. The van der Waals surface area contributed by atoms with E-state index in [-0.39, 0.29) is 5.91 Å². The molecule has 0 saturated carbocycles. The van der Waals surface area contributed by atoms with E-state index in [0.717, 1.165) is 49.9 Å². The zero-order valence-electron chi connectivity index (χ0n) is 9.41. The van der Waals surface area contributed by atoms with Gasteiger partial charge in [0.15, 0.2) is 5.17 Å². The first-order valence-corrected chi connectivity index (χ1v) is 6.88. The van der Waals surface area contributed by atoms with Crippen molar-refractivity contribution in [1.29, 1.82) is 0 Å². The Morgan fingerprint density at radius 2 is 2.31 bits per heavy atom. The largest absolute Gasteiger partial charge is 0.381 e. The fraction of sp³-hybridized carbons (Fsp3) is 0.818. The molecule has 90 valence electrons. The van der Waals surface area contributed by atoms with Gasteiger partial charge in [-0.2, -0.15) is 0 Å². The molecule has 0 aliphatic carbocycles. The third kappa shape index (κ3) is 3.79. The van der Waals surface area contributed by atoms with Crippen molar-refractivity contribution in [2.75, 3.05) is 25.5 Å². The van der Waals surface area contributed by atoms with Crippen LogP contribution in [0.5, 0.6) is 0 Å². The lowest BCUT2D eigenvalue weighted by Gasteiger charge is -2.21. The summed E-state index contributed by atoms with van der Waals surface area (Å²) in [5, 5.41) is 3.66. The molecule has 0 spiro atoms. The van der Waals surface area contributed by atoms with E-state index in [2.05, 4.69) is 10.3 Å². The van der Waals surface area contributed by atoms with Crippen LogP contribution in [-0.2, 0) is 9.53 Å². The van der Waals surface area contributed by atoms with Crippen molar-refractivity contribution >= 4 is 22.8 Å². The maximum Gasteiger partial charge on any atom is 0.225 e. The van der Waals surface area contributed by atoms with E-state index in [4.69, 9.17) is 4.74 Å². The third-order valence-corrected chi connectivity index (χ3v) is 3.84. The Morgan fingerprint density at radius 3 is 3.00 bits per heavy atom. The standard InChI is InChI=1S/C11H18N2O2S/c14-10(13-11-12-5-8-16-11)2-1-9-3-6-15-7-4-9/h9H,1-8H2,(H,12,13,14). The number of thioether (sulfide) groups is 1. The highest BCUT2D eigenvalue weighted by Crippen LogP contribution is 2.20. The predicted molar refractivity (Wildman–Crippen MR) is 65.7 cm³/mol. The molecule has 1 saturated heterocycles. The second-order valence-electron chi connectivity index (χ2n) is 4.18. The van der Waals surface area contributed by atoms with E-state index in [1.807, 2.05) is 0 Å². The van der Waals surface area contributed by atoms with Crippen LogP contribution in [0.15, 0.2) is 4.99 Å². The van der Waals surface area contributed by atoms with Crippen LogP contribution < -0.4 is 5.32 Å². The molecule has 0 atom stereocenters. The molecule has 0 aromatic rings. The number of nitrogens with zero attached hydrogens (tertiary/aromatic N) is 1. The Labute approximate surface area is 100 Å². The monoisotopic (exact) mass is 242 g/mol. The topological polar surface area (TPSA) is 50.7 Å². The van der Waals surface area contributed by atoms with Crippen molar-refractivity contribution in [3.05, 3.63) is 0 Å². The van der Waals surface area contributed by atoms with Crippen LogP contribution in [0.1, 0.15) is 25.7 Å². The highest BCUT2D eigenvalue weighted by Gasteiger charge is 2.16. The lowest BCUT2D eigenvalue weighted by Crippen LogP contribution is -2.28. The van der Waals surface area contributed by atoms with Gasteiger partial charge in [-0.3, -0.25) is 9.79 Å². The van der Waals surface area contributed by atoms with Crippen molar-refractivity contribution < 1.29 is 9.53 Å². The molecule has 2 rings (SSSR count). The van der Waals surface area contributed by atoms with Crippen LogP contribution in [0.2, 0.25) is 0 Å². The van der Waals surface area contributed by atoms with Gasteiger partial charge in [0.05, 0.1) is 6.54 Å². The maximum atomic E-state index is 11.6. The van der Waals surface area contributed by atoms with Crippen LogP contribution in [0.3, 0.4) is 0 Å². The summed E-state index contributed by atoms with van der Waals surface area (Å²) in [5.74, 6) is 1.77. The summed E-state index contributed by atoms with van der Waals surface area (Å²) in [6.07, 6.45) is 3.79. The minimum atomic E-state index is 0.111. The summed E-state index contributed by atoms with van der Waals surface area (Å²) in [5.41, 5.74) is 0. The Hall–Kier alpha value is -0.550. The van der Waals surface area contributed by atoms with Crippen LogP contribution in [0, 0.1) is 5.92 Å².